The standard InChI is InChI=1S/C12H16N2O2.C6H10O3/c1-3-16-12(15)11-8(2)13-9-6-4-5-7-10(9)14-11;1-2-3-5(7)4-6(8)9/h3-7H2,1-2H3;2-4H2,1H3,(H,8,9). The van der Waals surface area contributed by atoms with Gasteiger partial charge in [0.25, 0.3) is 0 Å². The van der Waals surface area contributed by atoms with Crippen LogP contribution in [0.5, 0.6) is 0 Å². The van der Waals surface area contributed by atoms with E-state index in [2.05, 4.69) is 9.97 Å². The first-order valence-corrected chi connectivity index (χ1v) is 8.66. The highest BCUT2D eigenvalue weighted by Gasteiger charge is 2.19. The predicted molar refractivity (Wildman–Crippen MR) is 91.5 cm³/mol. The minimum Gasteiger partial charge on any atom is -0.481 e. The zero-order valence-corrected chi connectivity index (χ0v) is 15.1. The SMILES string of the molecule is CCCC(=O)CC(=O)O.CCOC(=O)c1nc2c(nc1C)CCCC2. The molecule has 1 aliphatic rings. The second-order valence-electron chi connectivity index (χ2n) is 5.84. The van der Waals surface area contributed by atoms with Crippen molar-refractivity contribution in [3.63, 3.8) is 0 Å². The van der Waals surface area contributed by atoms with Crippen LogP contribution in [-0.2, 0) is 27.2 Å². The number of carbonyl (C=O) groups is 3. The smallest absolute Gasteiger partial charge is 0.358 e. The summed E-state index contributed by atoms with van der Waals surface area (Å²) in [6.07, 6.45) is 4.99. The summed E-state index contributed by atoms with van der Waals surface area (Å²) in [7, 11) is 0. The number of hydrogen-bond acceptors (Lipinski definition) is 6. The molecule has 1 aromatic rings. The fourth-order valence-electron chi connectivity index (χ4n) is 2.51. The normalized spacial score (nSPS) is 12.4. The minimum atomic E-state index is -1.03. The van der Waals surface area contributed by atoms with Crippen LogP contribution in [0, 0.1) is 6.92 Å². The van der Waals surface area contributed by atoms with E-state index in [-0.39, 0.29) is 18.2 Å². The van der Waals surface area contributed by atoms with Gasteiger partial charge in [-0.1, -0.05) is 6.92 Å². The molecule has 0 unspecified atom stereocenters. The number of carbonyl (C=O) groups excluding carboxylic acids is 2. The van der Waals surface area contributed by atoms with Gasteiger partial charge in [0.2, 0.25) is 0 Å². The molecule has 1 N–H and O–H groups in total. The Morgan fingerprint density at radius 2 is 1.68 bits per heavy atom. The van der Waals surface area contributed by atoms with Gasteiger partial charge in [-0.2, -0.15) is 0 Å². The Kier molecular flexibility index (Phi) is 8.74. The first kappa shape index (κ1) is 20.7. The van der Waals surface area contributed by atoms with Crippen molar-refractivity contribution in [1.29, 1.82) is 0 Å². The van der Waals surface area contributed by atoms with Crippen LogP contribution in [-0.4, -0.2) is 39.4 Å². The van der Waals surface area contributed by atoms with E-state index in [1.807, 2.05) is 13.8 Å². The molecule has 2 rings (SSSR count). The number of ketones is 1. The lowest BCUT2D eigenvalue weighted by molar-refractivity contribution is -0.140. The Balaban J connectivity index is 0.000000299. The molecule has 0 bridgehead atoms. The molecule has 1 aliphatic carbocycles. The summed E-state index contributed by atoms with van der Waals surface area (Å²) < 4.78 is 4.96. The Bertz CT molecular complexity index is 628. The number of fused-ring (bicyclic) bond motifs is 1. The predicted octanol–water partition coefficient (Wildman–Crippen LogP) is 2.67. The van der Waals surface area contributed by atoms with E-state index >= 15 is 0 Å². The molecule has 0 aromatic carbocycles. The summed E-state index contributed by atoms with van der Waals surface area (Å²) >= 11 is 0. The maximum atomic E-state index is 11.6. The van der Waals surface area contributed by atoms with Gasteiger partial charge in [-0.05, 0) is 46.0 Å². The largest absolute Gasteiger partial charge is 0.481 e. The van der Waals surface area contributed by atoms with Crippen molar-refractivity contribution in [2.24, 2.45) is 0 Å². The van der Waals surface area contributed by atoms with Crippen LogP contribution < -0.4 is 0 Å². The van der Waals surface area contributed by atoms with Gasteiger partial charge >= 0.3 is 11.9 Å². The van der Waals surface area contributed by atoms with Gasteiger partial charge in [0, 0.05) is 6.42 Å². The third-order valence-electron chi connectivity index (χ3n) is 3.65. The van der Waals surface area contributed by atoms with Crippen molar-refractivity contribution in [3.05, 3.63) is 22.8 Å². The lowest BCUT2D eigenvalue weighted by Gasteiger charge is -2.15. The second-order valence-corrected chi connectivity index (χ2v) is 5.84. The van der Waals surface area contributed by atoms with E-state index in [1.165, 1.54) is 6.42 Å². The lowest BCUT2D eigenvalue weighted by atomic mass is 10.00. The number of carboxylic acids is 1. The minimum absolute atomic E-state index is 0.190. The van der Waals surface area contributed by atoms with Gasteiger partial charge in [0.1, 0.15) is 12.2 Å². The molecular formula is C18H26N2O5. The molecule has 138 valence electrons. The number of ether oxygens (including phenoxy) is 1. The highest BCUT2D eigenvalue weighted by atomic mass is 16.5. The Morgan fingerprint density at radius 3 is 2.20 bits per heavy atom. The molecule has 25 heavy (non-hydrogen) atoms. The van der Waals surface area contributed by atoms with Crippen LogP contribution in [0.25, 0.3) is 0 Å². The van der Waals surface area contributed by atoms with Crippen LogP contribution in [0.1, 0.15) is 73.5 Å². The van der Waals surface area contributed by atoms with Crippen molar-refractivity contribution < 1.29 is 24.2 Å². The number of aliphatic carboxylic acids is 1. The summed E-state index contributed by atoms with van der Waals surface area (Å²) in [6, 6.07) is 0. The summed E-state index contributed by atoms with van der Waals surface area (Å²) in [5, 5.41) is 8.09. The van der Waals surface area contributed by atoms with Crippen LogP contribution in [0.15, 0.2) is 0 Å². The Hall–Kier alpha value is -2.31. The zero-order chi connectivity index (χ0) is 18.8. The van der Waals surface area contributed by atoms with Crippen LogP contribution >= 0.6 is 0 Å². The van der Waals surface area contributed by atoms with Gasteiger partial charge in [-0.25, -0.2) is 9.78 Å². The molecule has 0 spiro atoms. The zero-order valence-electron chi connectivity index (χ0n) is 15.1. The summed E-state index contributed by atoms with van der Waals surface area (Å²) in [5.41, 5.74) is 3.08. The first-order chi connectivity index (χ1) is 11.9. The highest BCUT2D eigenvalue weighted by molar-refractivity contribution is 5.94. The van der Waals surface area contributed by atoms with E-state index < -0.39 is 5.97 Å². The molecule has 0 saturated carbocycles. The number of hydrogen-bond donors (Lipinski definition) is 1. The number of aryl methyl sites for hydroxylation is 3. The summed E-state index contributed by atoms with van der Waals surface area (Å²) in [5.74, 6) is -1.58. The fourth-order valence-corrected chi connectivity index (χ4v) is 2.51. The van der Waals surface area contributed by atoms with Gasteiger partial charge in [0.15, 0.2) is 5.69 Å². The van der Waals surface area contributed by atoms with E-state index in [0.717, 1.165) is 37.1 Å². The van der Waals surface area contributed by atoms with Crippen molar-refractivity contribution in [2.75, 3.05) is 6.61 Å². The van der Waals surface area contributed by atoms with Crippen molar-refractivity contribution in [3.8, 4) is 0 Å². The molecule has 1 aromatic heterocycles. The molecule has 0 atom stereocenters. The van der Waals surface area contributed by atoms with Crippen LogP contribution in [0.3, 0.4) is 0 Å². The Labute approximate surface area is 147 Å². The average molecular weight is 350 g/mol. The fraction of sp³-hybridized carbons (Fsp3) is 0.611. The van der Waals surface area contributed by atoms with Crippen molar-refractivity contribution in [2.45, 2.75) is 65.7 Å². The van der Waals surface area contributed by atoms with Gasteiger partial charge in [0.05, 0.1) is 23.7 Å². The van der Waals surface area contributed by atoms with E-state index in [0.29, 0.717) is 24.4 Å². The Morgan fingerprint density at radius 1 is 1.08 bits per heavy atom. The molecule has 0 amide bonds. The second kappa shape index (κ2) is 10.5. The molecular weight excluding hydrogens is 324 g/mol. The molecule has 1 heterocycles. The van der Waals surface area contributed by atoms with E-state index in [1.54, 1.807) is 6.92 Å². The topological polar surface area (TPSA) is 106 Å². The number of aromatic nitrogens is 2. The van der Waals surface area contributed by atoms with Gasteiger partial charge in [-0.15, -0.1) is 0 Å². The molecule has 0 radical (unpaired) electrons. The molecule has 0 saturated heterocycles. The van der Waals surface area contributed by atoms with Crippen molar-refractivity contribution in [1.82, 2.24) is 9.97 Å². The monoisotopic (exact) mass is 350 g/mol. The van der Waals surface area contributed by atoms with Crippen molar-refractivity contribution >= 4 is 17.7 Å². The molecule has 7 heteroatoms. The maximum absolute atomic E-state index is 11.6. The average Bonchev–Trinajstić information content (AvgIpc) is 2.54. The van der Waals surface area contributed by atoms with Crippen LogP contribution in [0.4, 0.5) is 0 Å². The number of Topliss-reactive ketones (excluding diaryl/α,β-unsaturated/α-hetero) is 1. The van der Waals surface area contributed by atoms with E-state index in [4.69, 9.17) is 9.84 Å². The first-order valence-electron chi connectivity index (χ1n) is 8.66. The number of esters is 1. The molecule has 0 aliphatic heterocycles. The number of rotatable bonds is 6. The number of nitrogens with zero attached hydrogens (tertiary/aromatic N) is 2. The van der Waals surface area contributed by atoms with Crippen LogP contribution in [0.2, 0.25) is 0 Å². The molecule has 0 fully saturated rings. The maximum Gasteiger partial charge on any atom is 0.358 e. The summed E-state index contributed by atoms with van der Waals surface area (Å²) in [6.45, 7) is 5.82. The highest BCUT2D eigenvalue weighted by Crippen LogP contribution is 2.19. The third-order valence-corrected chi connectivity index (χ3v) is 3.65. The number of carboxylic acid groups (broad SMARTS) is 1. The van der Waals surface area contributed by atoms with E-state index in [9.17, 15) is 14.4 Å². The lowest BCUT2D eigenvalue weighted by Crippen LogP contribution is -2.16. The van der Waals surface area contributed by atoms with Gasteiger partial charge < -0.3 is 9.84 Å². The third kappa shape index (κ3) is 6.99. The quantitative estimate of drug-likeness (QED) is 0.621. The molecule has 7 nitrogen and oxygen atoms in total. The summed E-state index contributed by atoms with van der Waals surface area (Å²) in [4.78, 5) is 40.8. The van der Waals surface area contributed by atoms with Gasteiger partial charge in [-0.3, -0.25) is 14.6 Å².